The van der Waals surface area contributed by atoms with Crippen molar-refractivity contribution in [1.82, 2.24) is 0 Å². The third kappa shape index (κ3) is 12.4. The van der Waals surface area contributed by atoms with Crippen molar-refractivity contribution in [1.29, 1.82) is 0 Å². The van der Waals surface area contributed by atoms with E-state index in [9.17, 15) is 0 Å². The normalized spacial score (nSPS) is 18.8. The summed E-state index contributed by atoms with van der Waals surface area (Å²) in [7, 11) is -15.3. The van der Waals surface area contributed by atoms with Gasteiger partial charge in [-0.15, -0.1) is 18.1 Å². The zero-order chi connectivity index (χ0) is 37.5. The van der Waals surface area contributed by atoms with Crippen LogP contribution >= 0.6 is 30.6 Å². The summed E-state index contributed by atoms with van der Waals surface area (Å²) in [6.07, 6.45) is 3.34. The molecule has 16 heteroatoms. The monoisotopic (exact) mass is 796 g/mol. The van der Waals surface area contributed by atoms with Crippen molar-refractivity contribution in [2.45, 2.75) is 87.5 Å². The summed E-state index contributed by atoms with van der Waals surface area (Å²) in [6, 6.07) is 22.9. The van der Waals surface area contributed by atoms with Gasteiger partial charge in [0.1, 0.15) is 17.2 Å². The topological polar surface area (TPSA) is 123 Å². The van der Waals surface area contributed by atoms with Crippen LogP contribution < -0.4 is 13.6 Å². The van der Waals surface area contributed by atoms with Gasteiger partial charge in [0.05, 0.1) is 33.0 Å². The highest BCUT2D eigenvalue weighted by Gasteiger charge is 2.46. The quantitative estimate of drug-likeness (QED) is 0.0976. The minimum absolute atomic E-state index is 0.252. The lowest BCUT2D eigenvalue weighted by Crippen LogP contribution is -2.08. The van der Waals surface area contributed by atoms with Gasteiger partial charge in [0.15, 0.2) is 0 Å². The maximum atomic E-state index is 6.95. The molecule has 3 aromatic rings. The van der Waals surface area contributed by atoms with E-state index in [-0.39, 0.29) is 19.8 Å². The standard InChI is InChI=1S/C36H56N4O8P4/c1-9-23-41-49(42-24-10-2)37-50(43-25-11-3,44-26-12-4)39-52(47-35-21-15-18-32(7)29-35,48-36-22-16-19-33(8)30-36)40-51(38-49,45-27-13-5)46-34-20-14-17-31(6)28-34/h14-22,28-30H,9-13,23-27H2,1-8H3. The number of nitrogens with zero attached hydrogens (tertiary/aromatic N) is 4. The Morgan fingerprint density at radius 3 is 0.981 bits per heavy atom. The van der Waals surface area contributed by atoms with E-state index in [2.05, 4.69) is 0 Å². The van der Waals surface area contributed by atoms with Crippen LogP contribution in [0.25, 0.3) is 0 Å². The van der Waals surface area contributed by atoms with Crippen LogP contribution in [0.1, 0.15) is 83.4 Å². The Morgan fingerprint density at radius 2 is 0.654 bits per heavy atom. The lowest BCUT2D eigenvalue weighted by atomic mass is 10.2. The maximum Gasteiger partial charge on any atom is 0.458 e. The Morgan fingerprint density at radius 1 is 0.385 bits per heavy atom. The average molecular weight is 797 g/mol. The molecule has 0 fully saturated rings. The average Bonchev–Trinajstić information content (AvgIpc) is 3.10. The number of benzene rings is 3. The van der Waals surface area contributed by atoms with Gasteiger partial charge in [-0.25, -0.2) is 0 Å². The molecule has 0 bridgehead atoms. The number of rotatable bonds is 21. The van der Waals surface area contributed by atoms with Crippen LogP contribution in [0.5, 0.6) is 17.2 Å². The molecule has 12 nitrogen and oxygen atoms in total. The molecule has 0 aromatic heterocycles. The highest BCUT2D eigenvalue weighted by molar-refractivity contribution is 7.78. The maximum absolute atomic E-state index is 6.95. The largest absolute Gasteiger partial charge is 0.458 e. The summed E-state index contributed by atoms with van der Waals surface area (Å²) in [4.78, 5) is 0. The first kappa shape index (κ1) is 42.5. The highest BCUT2D eigenvalue weighted by Crippen LogP contribution is 2.80. The van der Waals surface area contributed by atoms with Crippen molar-refractivity contribution in [2.24, 2.45) is 18.1 Å². The molecule has 0 saturated heterocycles. The van der Waals surface area contributed by atoms with Gasteiger partial charge in [0, 0.05) is 0 Å². The highest BCUT2D eigenvalue weighted by atomic mass is 31.3. The summed E-state index contributed by atoms with van der Waals surface area (Å²) >= 11 is 0. The molecule has 0 amide bonds. The molecule has 1 aliphatic rings. The van der Waals surface area contributed by atoms with Crippen LogP contribution in [-0.4, -0.2) is 33.0 Å². The Labute approximate surface area is 311 Å². The van der Waals surface area contributed by atoms with E-state index >= 15 is 0 Å². The minimum Gasteiger partial charge on any atom is -0.422 e. The minimum atomic E-state index is -4.00. The van der Waals surface area contributed by atoms with Crippen LogP contribution in [0.15, 0.2) is 90.9 Å². The molecule has 0 radical (unpaired) electrons. The first-order valence-corrected chi connectivity index (χ1v) is 24.2. The second-order valence-electron chi connectivity index (χ2n) is 12.2. The second-order valence-corrected chi connectivity index (χ2v) is 20.8. The van der Waals surface area contributed by atoms with Crippen LogP contribution in [0.4, 0.5) is 0 Å². The molecule has 3 aromatic carbocycles. The van der Waals surface area contributed by atoms with Crippen molar-refractivity contribution in [3.8, 4) is 17.2 Å². The summed E-state index contributed by atoms with van der Waals surface area (Å²) in [6.45, 7) is 17.4. The number of hydrogen-bond donors (Lipinski definition) is 0. The Balaban J connectivity index is 2.26. The van der Waals surface area contributed by atoms with Crippen LogP contribution in [0.3, 0.4) is 0 Å². The van der Waals surface area contributed by atoms with Crippen LogP contribution in [-0.2, 0) is 22.6 Å². The predicted molar refractivity (Wildman–Crippen MR) is 214 cm³/mol. The van der Waals surface area contributed by atoms with Crippen molar-refractivity contribution in [3.05, 3.63) is 89.5 Å². The van der Waals surface area contributed by atoms with E-state index in [1.165, 1.54) is 0 Å². The van der Waals surface area contributed by atoms with E-state index in [1.807, 2.05) is 128 Å². The van der Waals surface area contributed by atoms with Gasteiger partial charge in [0.25, 0.3) is 0 Å². The second kappa shape index (κ2) is 20.5. The molecule has 1 heterocycles. The fraction of sp³-hybridized carbons (Fsp3) is 0.500. The molecule has 1 atom stereocenters. The van der Waals surface area contributed by atoms with Crippen LogP contribution in [0.2, 0.25) is 0 Å². The zero-order valence-electron chi connectivity index (χ0n) is 31.8. The zero-order valence-corrected chi connectivity index (χ0v) is 35.4. The molecular formula is C36H56N4O8P4. The van der Waals surface area contributed by atoms with Crippen LogP contribution in [0, 0.1) is 20.8 Å². The molecule has 288 valence electrons. The fourth-order valence-electron chi connectivity index (χ4n) is 4.61. The predicted octanol–water partition coefficient (Wildman–Crippen LogP) is 14.1. The molecule has 1 aliphatic heterocycles. The van der Waals surface area contributed by atoms with Gasteiger partial charge < -0.3 is 31.7 Å². The van der Waals surface area contributed by atoms with Crippen molar-refractivity contribution in [2.75, 3.05) is 33.0 Å². The van der Waals surface area contributed by atoms with E-state index in [4.69, 9.17) is 54.3 Å². The van der Waals surface area contributed by atoms with E-state index < -0.39 is 30.6 Å². The molecule has 0 saturated carbocycles. The van der Waals surface area contributed by atoms with E-state index in [0.29, 0.717) is 62.6 Å². The summed E-state index contributed by atoms with van der Waals surface area (Å²) in [5, 5.41) is 0. The fourth-order valence-corrected chi connectivity index (χ4v) is 17.5. The molecule has 0 spiro atoms. The summed E-state index contributed by atoms with van der Waals surface area (Å²) in [5.41, 5.74) is 2.93. The Kier molecular flexibility index (Phi) is 16.7. The Hall–Kier alpha value is -2.22. The van der Waals surface area contributed by atoms with Gasteiger partial charge in [0.2, 0.25) is 0 Å². The van der Waals surface area contributed by atoms with E-state index in [1.54, 1.807) is 0 Å². The summed E-state index contributed by atoms with van der Waals surface area (Å²) in [5.74, 6) is 1.46. The Bertz CT molecular complexity index is 1760. The SMILES string of the molecule is CCCOP1(OCCC)=NP(OCCC)(OCCC)=NP(OCCC)(Oc2cccc(C)c2)=NP(Oc2cccc(C)c2)(Oc2cccc(C)c2)=N1. The van der Waals surface area contributed by atoms with E-state index in [0.717, 1.165) is 16.7 Å². The first-order valence-electron chi connectivity index (χ1n) is 18.1. The van der Waals surface area contributed by atoms with Gasteiger partial charge in [-0.1, -0.05) is 71.0 Å². The molecular weight excluding hydrogens is 740 g/mol. The van der Waals surface area contributed by atoms with Crippen molar-refractivity contribution in [3.63, 3.8) is 0 Å². The van der Waals surface area contributed by atoms with Gasteiger partial charge in [-0.2, -0.15) is 0 Å². The van der Waals surface area contributed by atoms with Gasteiger partial charge in [-0.3, -0.25) is 4.52 Å². The third-order valence-electron chi connectivity index (χ3n) is 6.86. The van der Waals surface area contributed by atoms with Gasteiger partial charge in [-0.05, 0) is 106 Å². The lowest BCUT2D eigenvalue weighted by molar-refractivity contribution is 0.228. The van der Waals surface area contributed by atoms with Crippen molar-refractivity contribution >= 4 is 30.6 Å². The lowest BCUT2D eigenvalue weighted by Gasteiger charge is -2.33. The summed E-state index contributed by atoms with van der Waals surface area (Å²) < 4.78 is 75.4. The van der Waals surface area contributed by atoms with Gasteiger partial charge >= 0.3 is 30.6 Å². The molecule has 0 N–H and O–H groups in total. The molecule has 4 rings (SSSR count). The number of hydrogen-bond acceptors (Lipinski definition) is 12. The smallest absolute Gasteiger partial charge is 0.422 e. The molecule has 52 heavy (non-hydrogen) atoms. The first-order chi connectivity index (χ1) is 25.0. The molecule has 0 aliphatic carbocycles. The molecule has 1 unspecified atom stereocenters. The number of aryl methyl sites for hydroxylation is 3. The third-order valence-corrected chi connectivity index (χ3v) is 18.0. The van der Waals surface area contributed by atoms with Crippen molar-refractivity contribution < 1.29 is 36.2 Å².